The maximum atomic E-state index is 11.7. The fourth-order valence-corrected chi connectivity index (χ4v) is 2.32. The summed E-state index contributed by atoms with van der Waals surface area (Å²) in [5.74, 6) is 0.441. The monoisotopic (exact) mass is 254 g/mol. The third-order valence-corrected chi connectivity index (χ3v) is 3.44. The Balaban J connectivity index is 2.32. The number of guanidine groups is 1. The van der Waals surface area contributed by atoms with Crippen LogP contribution in [0, 0.1) is 0 Å². The smallest absolute Gasteiger partial charge is 0.242 e. The molecule has 1 aliphatic rings. The first-order valence-corrected chi connectivity index (χ1v) is 7.01. The molecule has 0 aromatic rings. The second-order valence-corrected chi connectivity index (χ2v) is 4.75. The minimum absolute atomic E-state index is 0.0167. The van der Waals surface area contributed by atoms with Gasteiger partial charge in [0.25, 0.3) is 0 Å². The lowest BCUT2D eigenvalue weighted by atomic mass is 9.95. The largest absolute Gasteiger partial charge is 0.370 e. The van der Waals surface area contributed by atoms with Crippen LogP contribution in [0.15, 0.2) is 4.99 Å². The van der Waals surface area contributed by atoms with E-state index in [1.54, 1.807) is 0 Å². The van der Waals surface area contributed by atoms with Crippen LogP contribution in [0.25, 0.3) is 0 Å². The van der Waals surface area contributed by atoms with E-state index in [2.05, 4.69) is 10.3 Å². The van der Waals surface area contributed by atoms with E-state index in [-0.39, 0.29) is 12.5 Å². The summed E-state index contributed by atoms with van der Waals surface area (Å²) in [4.78, 5) is 17.8. The van der Waals surface area contributed by atoms with Gasteiger partial charge in [-0.15, -0.1) is 0 Å². The van der Waals surface area contributed by atoms with Gasteiger partial charge in [0.05, 0.1) is 0 Å². The maximum absolute atomic E-state index is 11.7. The number of nitrogens with one attached hydrogen (secondary N) is 1. The molecule has 1 aliphatic carbocycles. The second kappa shape index (κ2) is 7.95. The molecule has 1 rings (SSSR count). The number of hydrogen-bond acceptors (Lipinski definition) is 2. The van der Waals surface area contributed by atoms with Crippen molar-refractivity contribution in [2.45, 2.75) is 52.0 Å². The molecule has 5 heteroatoms. The van der Waals surface area contributed by atoms with Crippen LogP contribution in [0.5, 0.6) is 0 Å². The first kappa shape index (κ1) is 14.8. The van der Waals surface area contributed by atoms with Crippen LogP contribution < -0.4 is 11.1 Å². The van der Waals surface area contributed by atoms with Crippen LogP contribution in [0.1, 0.15) is 46.0 Å². The molecule has 0 heterocycles. The number of carbonyl (C=O) groups excluding carboxylic acids is 1. The first-order valence-electron chi connectivity index (χ1n) is 7.01. The highest BCUT2D eigenvalue weighted by atomic mass is 16.1. The molecule has 104 valence electrons. The number of amides is 1. The van der Waals surface area contributed by atoms with Gasteiger partial charge < -0.3 is 16.0 Å². The molecule has 0 radical (unpaired) electrons. The van der Waals surface area contributed by atoms with Gasteiger partial charge >= 0.3 is 0 Å². The molecule has 1 saturated carbocycles. The van der Waals surface area contributed by atoms with Crippen molar-refractivity contribution in [3.8, 4) is 0 Å². The summed E-state index contributed by atoms with van der Waals surface area (Å²) < 4.78 is 0. The van der Waals surface area contributed by atoms with Gasteiger partial charge in [-0.3, -0.25) is 4.79 Å². The molecule has 0 unspecified atom stereocenters. The third-order valence-electron chi connectivity index (χ3n) is 3.44. The fraction of sp³-hybridized carbons (Fsp3) is 0.846. The summed E-state index contributed by atoms with van der Waals surface area (Å²) in [5, 5.41) is 3.03. The van der Waals surface area contributed by atoms with Crippen LogP contribution in [-0.2, 0) is 4.79 Å². The molecular weight excluding hydrogens is 228 g/mol. The van der Waals surface area contributed by atoms with Gasteiger partial charge in [-0.1, -0.05) is 19.3 Å². The lowest BCUT2D eigenvalue weighted by Gasteiger charge is -2.23. The molecule has 18 heavy (non-hydrogen) atoms. The average Bonchev–Trinajstić information content (AvgIpc) is 2.39. The normalized spacial score (nSPS) is 17.6. The summed E-state index contributed by atoms with van der Waals surface area (Å²) in [6, 6.07) is 0.344. The summed E-state index contributed by atoms with van der Waals surface area (Å²) >= 11 is 0. The van der Waals surface area contributed by atoms with E-state index in [4.69, 9.17) is 5.73 Å². The standard InChI is InChI=1S/C13H26N4O/c1-3-17(4-2)13(14)15-10-12(18)16-11-8-6-5-7-9-11/h11H,3-10H2,1-2H3,(H2,14,15)(H,16,18). The zero-order chi connectivity index (χ0) is 13.4. The van der Waals surface area contributed by atoms with Crippen LogP contribution >= 0.6 is 0 Å². The van der Waals surface area contributed by atoms with Crippen molar-refractivity contribution in [2.24, 2.45) is 10.7 Å². The predicted molar refractivity (Wildman–Crippen MR) is 74.4 cm³/mol. The molecule has 0 aromatic heterocycles. The average molecular weight is 254 g/mol. The number of nitrogens with zero attached hydrogens (tertiary/aromatic N) is 2. The highest BCUT2D eigenvalue weighted by molar-refractivity contribution is 5.84. The Kier molecular flexibility index (Phi) is 6.54. The SMILES string of the molecule is CCN(CC)C(N)=NCC(=O)NC1CCCCC1. The first-order chi connectivity index (χ1) is 8.67. The quantitative estimate of drug-likeness (QED) is 0.570. The molecule has 0 aliphatic heterocycles. The maximum Gasteiger partial charge on any atom is 0.242 e. The Morgan fingerprint density at radius 3 is 2.44 bits per heavy atom. The van der Waals surface area contributed by atoms with Crippen molar-refractivity contribution >= 4 is 11.9 Å². The van der Waals surface area contributed by atoms with E-state index < -0.39 is 0 Å². The summed E-state index contributed by atoms with van der Waals surface area (Å²) in [6.07, 6.45) is 5.92. The topological polar surface area (TPSA) is 70.7 Å². The van der Waals surface area contributed by atoms with E-state index in [1.165, 1.54) is 19.3 Å². The molecule has 5 nitrogen and oxygen atoms in total. The van der Waals surface area contributed by atoms with Crippen LogP contribution in [0.2, 0.25) is 0 Å². The molecule has 1 amide bonds. The van der Waals surface area contributed by atoms with Crippen molar-refractivity contribution < 1.29 is 4.79 Å². The third kappa shape index (κ3) is 4.94. The Labute approximate surface area is 110 Å². The Morgan fingerprint density at radius 1 is 1.28 bits per heavy atom. The molecule has 0 saturated heterocycles. The molecule has 1 fully saturated rings. The van der Waals surface area contributed by atoms with E-state index >= 15 is 0 Å². The van der Waals surface area contributed by atoms with E-state index in [1.807, 2.05) is 18.7 Å². The highest BCUT2D eigenvalue weighted by Gasteiger charge is 2.15. The van der Waals surface area contributed by atoms with Crippen molar-refractivity contribution in [1.82, 2.24) is 10.2 Å². The Bertz CT molecular complexity index is 281. The van der Waals surface area contributed by atoms with Crippen molar-refractivity contribution in [3.05, 3.63) is 0 Å². The number of hydrogen-bond donors (Lipinski definition) is 2. The fourth-order valence-electron chi connectivity index (χ4n) is 2.32. The Morgan fingerprint density at radius 2 is 1.89 bits per heavy atom. The van der Waals surface area contributed by atoms with Gasteiger partial charge in [-0.25, -0.2) is 4.99 Å². The predicted octanol–water partition coefficient (Wildman–Crippen LogP) is 1.09. The van der Waals surface area contributed by atoms with Gasteiger partial charge in [0.15, 0.2) is 5.96 Å². The summed E-state index contributed by atoms with van der Waals surface area (Å²) in [7, 11) is 0. The van der Waals surface area contributed by atoms with E-state index in [9.17, 15) is 4.79 Å². The van der Waals surface area contributed by atoms with E-state index in [0.29, 0.717) is 12.0 Å². The zero-order valence-corrected chi connectivity index (χ0v) is 11.6. The lowest BCUT2D eigenvalue weighted by Crippen LogP contribution is -2.40. The van der Waals surface area contributed by atoms with Gasteiger partial charge in [0, 0.05) is 19.1 Å². The van der Waals surface area contributed by atoms with Gasteiger partial charge in [0.2, 0.25) is 5.91 Å². The molecular formula is C13H26N4O. The van der Waals surface area contributed by atoms with Gasteiger partial charge in [0.1, 0.15) is 6.54 Å². The molecule has 0 aromatic carbocycles. The minimum atomic E-state index is -0.0167. The molecule has 0 spiro atoms. The van der Waals surface area contributed by atoms with Crippen LogP contribution in [0.3, 0.4) is 0 Å². The summed E-state index contributed by atoms with van der Waals surface area (Å²) in [5.41, 5.74) is 5.82. The van der Waals surface area contributed by atoms with Crippen molar-refractivity contribution in [3.63, 3.8) is 0 Å². The van der Waals surface area contributed by atoms with Gasteiger partial charge in [-0.05, 0) is 26.7 Å². The number of rotatable bonds is 5. The lowest BCUT2D eigenvalue weighted by molar-refractivity contribution is -0.120. The second-order valence-electron chi connectivity index (χ2n) is 4.75. The molecule has 3 N–H and O–H groups in total. The zero-order valence-electron chi connectivity index (χ0n) is 11.6. The molecule has 0 bridgehead atoms. The van der Waals surface area contributed by atoms with Crippen LogP contribution in [0.4, 0.5) is 0 Å². The van der Waals surface area contributed by atoms with Crippen molar-refractivity contribution in [1.29, 1.82) is 0 Å². The highest BCUT2D eigenvalue weighted by Crippen LogP contribution is 2.17. The Hall–Kier alpha value is -1.26. The minimum Gasteiger partial charge on any atom is -0.370 e. The van der Waals surface area contributed by atoms with Gasteiger partial charge in [-0.2, -0.15) is 0 Å². The number of carbonyl (C=O) groups is 1. The number of nitrogens with two attached hydrogens (primary N) is 1. The van der Waals surface area contributed by atoms with Crippen LogP contribution in [-0.4, -0.2) is 42.4 Å². The van der Waals surface area contributed by atoms with E-state index in [0.717, 1.165) is 25.9 Å². The summed E-state index contributed by atoms with van der Waals surface area (Å²) in [6.45, 7) is 5.81. The van der Waals surface area contributed by atoms with Crippen molar-refractivity contribution in [2.75, 3.05) is 19.6 Å². The molecule has 0 atom stereocenters. The number of aliphatic imine (C=N–C) groups is 1.